The number of aryl methyl sites for hydroxylation is 1. The van der Waals surface area contributed by atoms with Gasteiger partial charge in [-0.2, -0.15) is 0 Å². The van der Waals surface area contributed by atoms with E-state index in [0.29, 0.717) is 0 Å². The van der Waals surface area contributed by atoms with Crippen LogP contribution >= 0.6 is 15.9 Å². The number of hydrogen-bond acceptors (Lipinski definition) is 0. The summed E-state index contributed by atoms with van der Waals surface area (Å²) >= 11 is 3.42. The van der Waals surface area contributed by atoms with Gasteiger partial charge in [0.1, 0.15) is 0 Å². The monoisotopic (exact) mass is 195 g/mol. The van der Waals surface area contributed by atoms with Crippen molar-refractivity contribution >= 4 is 15.9 Å². The molecular formula is C9H8Br. The Morgan fingerprint density at radius 1 is 1.50 bits per heavy atom. The second kappa shape index (κ2) is 3.02. The van der Waals surface area contributed by atoms with E-state index in [4.69, 9.17) is 0 Å². The first-order valence-corrected chi connectivity index (χ1v) is 3.82. The molecule has 1 aromatic rings. The van der Waals surface area contributed by atoms with Crippen LogP contribution in [-0.4, -0.2) is 0 Å². The van der Waals surface area contributed by atoms with Crippen LogP contribution < -0.4 is 0 Å². The molecule has 1 radical (unpaired) electrons. The van der Waals surface area contributed by atoms with E-state index < -0.39 is 0 Å². The molecule has 0 nitrogen and oxygen atoms in total. The first-order valence-electron chi connectivity index (χ1n) is 3.03. The molecule has 0 bridgehead atoms. The van der Waals surface area contributed by atoms with Crippen LogP contribution in [-0.2, 0) is 0 Å². The van der Waals surface area contributed by atoms with Crippen molar-refractivity contribution in [2.45, 2.75) is 6.92 Å². The summed E-state index contributed by atoms with van der Waals surface area (Å²) in [5.41, 5.74) is 2.26. The topological polar surface area (TPSA) is 0 Å². The molecule has 0 saturated carbocycles. The lowest BCUT2D eigenvalue weighted by atomic mass is 10.1. The highest BCUT2D eigenvalue weighted by Gasteiger charge is 1.92. The number of hydrogen-bond donors (Lipinski definition) is 0. The molecule has 0 unspecified atom stereocenters. The lowest BCUT2D eigenvalue weighted by molar-refractivity contribution is 1.40. The molecule has 0 aliphatic heterocycles. The maximum atomic E-state index is 3.56. The Bertz CT molecular complexity index is 251. The Kier molecular flexibility index (Phi) is 2.28. The van der Waals surface area contributed by atoms with Gasteiger partial charge in [-0.3, -0.25) is 0 Å². The summed E-state index contributed by atoms with van der Waals surface area (Å²) in [6.07, 6.45) is 2.82. The van der Waals surface area contributed by atoms with Crippen LogP contribution in [0.2, 0.25) is 0 Å². The molecule has 51 valence electrons. The third-order valence-corrected chi connectivity index (χ3v) is 2.23. The van der Waals surface area contributed by atoms with Crippen LogP contribution in [0.5, 0.6) is 0 Å². The molecule has 0 aromatic heterocycles. The van der Waals surface area contributed by atoms with Gasteiger partial charge in [0.25, 0.3) is 0 Å². The Hall–Kier alpha value is -0.560. The SMILES string of the molecule is C=[C]c1ccc(C)c(Br)c1. The molecule has 10 heavy (non-hydrogen) atoms. The van der Waals surface area contributed by atoms with E-state index in [1.807, 2.05) is 18.2 Å². The van der Waals surface area contributed by atoms with Gasteiger partial charge in [-0.15, -0.1) is 0 Å². The molecule has 1 heteroatoms. The normalized spacial score (nSPS) is 9.40. The highest BCUT2D eigenvalue weighted by atomic mass is 79.9. The van der Waals surface area contributed by atoms with Crippen molar-refractivity contribution in [1.29, 1.82) is 0 Å². The van der Waals surface area contributed by atoms with Gasteiger partial charge in [0.15, 0.2) is 0 Å². The average molecular weight is 196 g/mol. The fraction of sp³-hybridized carbons (Fsp3) is 0.111. The van der Waals surface area contributed by atoms with E-state index in [1.165, 1.54) is 5.56 Å². The van der Waals surface area contributed by atoms with E-state index in [9.17, 15) is 0 Å². The summed E-state index contributed by atoms with van der Waals surface area (Å²) in [4.78, 5) is 0. The minimum atomic E-state index is 1.03. The summed E-state index contributed by atoms with van der Waals surface area (Å²) in [7, 11) is 0. The van der Waals surface area contributed by atoms with Crippen molar-refractivity contribution in [3.8, 4) is 0 Å². The van der Waals surface area contributed by atoms with Crippen LogP contribution in [0.1, 0.15) is 11.1 Å². The molecule has 0 N–H and O–H groups in total. The lowest BCUT2D eigenvalue weighted by Crippen LogP contribution is -1.77. The predicted octanol–water partition coefficient (Wildman–Crippen LogP) is 3.09. The standard InChI is InChI=1S/C9H8Br/c1-3-8-5-4-7(2)9(10)6-8/h4-6H,1H2,2H3. The predicted molar refractivity (Wildman–Crippen MR) is 46.9 cm³/mol. The molecule has 0 atom stereocenters. The van der Waals surface area contributed by atoms with Crippen molar-refractivity contribution in [3.63, 3.8) is 0 Å². The van der Waals surface area contributed by atoms with Gasteiger partial charge in [0.2, 0.25) is 0 Å². The molecule has 0 fully saturated rings. The first kappa shape index (κ1) is 7.55. The van der Waals surface area contributed by atoms with Gasteiger partial charge >= 0.3 is 0 Å². The smallest absolute Gasteiger partial charge is 0.0210 e. The Morgan fingerprint density at radius 2 is 2.20 bits per heavy atom. The van der Waals surface area contributed by atoms with Crippen molar-refractivity contribution in [2.75, 3.05) is 0 Å². The highest BCUT2D eigenvalue weighted by molar-refractivity contribution is 9.10. The zero-order valence-electron chi connectivity index (χ0n) is 5.82. The van der Waals surface area contributed by atoms with Crippen molar-refractivity contribution in [3.05, 3.63) is 46.5 Å². The van der Waals surface area contributed by atoms with Crippen molar-refractivity contribution in [2.24, 2.45) is 0 Å². The second-order valence-corrected chi connectivity index (χ2v) is 3.00. The molecule has 1 rings (SSSR count). The molecule has 0 spiro atoms. The third kappa shape index (κ3) is 1.48. The van der Waals surface area contributed by atoms with E-state index >= 15 is 0 Å². The van der Waals surface area contributed by atoms with E-state index in [1.54, 1.807) is 0 Å². The van der Waals surface area contributed by atoms with Crippen molar-refractivity contribution in [1.82, 2.24) is 0 Å². The van der Waals surface area contributed by atoms with Crippen LogP contribution in [0.4, 0.5) is 0 Å². The van der Waals surface area contributed by atoms with Crippen LogP contribution in [0.15, 0.2) is 29.3 Å². The quantitative estimate of drug-likeness (QED) is 0.647. The summed E-state index contributed by atoms with van der Waals surface area (Å²) in [6.45, 7) is 5.61. The Balaban J connectivity index is 3.16. The van der Waals surface area contributed by atoms with Gasteiger partial charge in [0, 0.05) is 4.47 Å². The number of rotatable bonds is 1. The Morgan fingerprint density at radius 3 is 2.70 bits per heavy atom. The summed E-state index contributed by atoms with van der Waals surface area (Å²) in [5.74, 6) is 0. The fourth-order valence-electron chi connectivity index (χ4n) is 0.703. The van der Waals surface area contributed by atoms with Gasteiger partial charge < -0.3 is 0 Å². The highest BCUT2D eigenvalue weighted by Crippen LogP contribution is 2.16. The maximum absolute atomic E-state index is 3.56. The first-order chi connectivity index (χ1) is 4.74. The van der Waals surface area contributed by atoms with Gasteiger partial charge in [-0.1, -0.05) is 34.6 Å². The average Bonchev–Trinajstić information content (AvgIpc) is 1.95. The van der Waals surface area contributed by atoms with Crippen LogP contribution in [0.3, 0.4) is 0 Å². The number of benzene rings is 1. The molecular weight excluding hydrogens is 188 g/mol. The molecule has 0 aliphatic rings. The minimum absolute atomic E-state index is 1.03. The maximum Gasteiger partial charge on any atom is 0.0210 e. The zero-order chi connectivity index (χ0) is 7.56. The summed E-state index contributed by atoms with van der Waals surface area (Å²) < 4.78 is 1.11. The molecule has 0 heterocycles. The third-order valence-electron chi connectivity index (χ3n) is 1.38. The molecule has 1 aromatic carbocycles. The summed E-state index contributed by atoms with van der Waals surface area (Å²) in [5, 5.41) is 0. The molecule has 0 aliphatic carbocycles. The van der Waals surface area contributed by atoms with Gasteiger partial charge in [-0.05, 0) is 30.2 Å². The zero-order valence-corrected chi connectivity index (χ0v) is 7.40. The molecule has 0 saturated heterocycles. The van der Waals surface area contributed by atoms with E-state index in [0.717, 1.165) is 10.0 Å². The second-order valence-electron chi connectivity index (χ2n) is 2.14. The largest absolute Gasteiger partial charge is 0.0906 e. The lowest BCUT2D eigenvalue weighted by Gasteiger charge is -1.97. The minimum Gasteiger partial charge on any atom is -0.0906 e. The van der Waals surface area contributed by atoms with E-state index in [-0.39, 0.29) is 0 Å². The Labute approximate surface area is 69.7 Å². The molecule has 0 amide bonds. The van der Waals surface area contributed by atoms with Crippen LogP contribution in [0.25, 0.3) is 0 Å². The van der Waals surface area contributed by atoms with Gasteiger partial charge in [0.05, 0.1) is 0 Å². The summed E-state index contributed by atoms with van der Waals surface area (Å²) in [6, 6.07) is 6.03. The fourth-order valence-corrected chi connectivity index (χ4v) is 1.08. The van der Waals surface area contributed by atoms with Crippen molar-refractivity contribution < 1.29 is 0 Å². The van der Waals surface area contributed by atoms with Gasteiger partial charge in [-0.25, -0.2) is 0 Å². The van der Waals surface area contributed by atoms with Crippen LogP contribution in [0, 0.1) is 13.0 Å². The van der Waals surface area contributed by atoms with E-state index in [2.05, 4.69) is 35.5 Å². The number of halogens is 1.